The van der Waals surface area contributed by atoms with Crippen LogP contribution in [0.25, 0.3) is 21.9 Å². The van der Waals surface area contributed by atoms with Crippen molar-refractivity contribution < 1.29 is 32.8 Å². The van der Waals surface area contributed by atoms with Crippen LogP contribution in [-0.4, -0.2) is 74.4 Å². The molecule has 0 spiro atoms. The van der Waals surface area contributed by atoms with Crippen molar-refractivity contribution in [3.05, 3.63) is 126 Å². The molecule has 7 rings (SSSR count). The summed E-state index contributed by atoms with van der Waals surface area (Å²) >= 11 is 0. The van der Waals surface area contributed by atoms with E-state index in [9.17, 15) is 18.9 Å². The first-order chi connectivity index (χ1) is 24.3. The predicted octanol–water partition coefficient (Wildman–Crippen LogP) is 5.35. The van der Waals surface area contributed by atoms with Crippen molar-refractivity contribution in [3.63, 3.8) is 0 Å². The standard InChI is InChI=1S/C37H34N5O7P/c1-2-19-40-24-34(43)41-31(20-25-15-17-28(18-16-25)49-50(46)47)36(44)39(23-33(41)42(40)37(45)38-21-26-9-4-3-5-10-26)22-27-11-8-13-30-29-12-6-7-14-32(29)48-35(27)30/h2-18,31,33H,1,19-24H2,(H-,38,45,46,47)/p+1/t31-,33-/m0/s1. The van der Waals surface area contributed by atoms with Gasteiger partial charge in [0.05, 0.1) is 13.1 Å². The number of hydrogen-bond donors (Lipinski definition) is 2. The molecule has 0 aliphatic carbocycles. The smallest absolute Gasteiger partial charge is 0.456 e. The van der Waals surface area contributed by atoms with Crippen molar-refractivity contribution in [2.45, 2.75) is 31.7 Å². The lowest BCUT2D eigenvalue weighted by Gasteiger charge is -2.55. The summed E-state index contributed by atoms with van der Waals surface area (Å²) in [6.45, 7) is 4.47. The maximum Gasteiger partial charge on any atom is 0.747 e. The van der Waals surface area contributed by atoms with Crippen LogP contribution in [0.2, 0.25) is 0 Å². The molecular weight excluding hydrogens is 657 g/mol. The van der Waals surface area contributed by atoms with Gasteiger partial charge in [-0.05, 0) is 29.3 Å². The first-order valence-corrected chi connectivity index (χ1v) is 17.3. The zero-order valence-corrected chi connectivity index (χ0v) is 27.9. The van der Waals surface area contributed by atoms with Gasteiger partial charge in [-0.25, -0.2) is 19.3 Å². The second-order valence-electron chi connectivity index (χ2n) is 12.2. The predicted molar refractivity (Wildman–Crippen MR) is 186 cm³/mol. The maximum absolute atomic E-state index is 14.5. The average Bonchev–Trinajstić information content (AvgIpc) is 3.50. The Morgan fingerprint density at radius 1 is 0.960 bits per heavy atom. The van der Waals surface area contributed by atoms with Gasteiger partial charge in [0.25, 0.3) is 0 Å². The molecule has 12 nitrogen and oxygen atoms in total. The Morgan fingerprint density at radius 3 is 2.46 bits per heavy atom. The van der Waals surface area contributed by atoms with Crippen molar-refractivity contribution in [1.82, 2.24) is 25.1 Å². The lowest BCUT2D eigenvalue weighted by Crippen LogP contribution is -2.76. The first kappa shape index (κ1) is 33.0. The molecular formula is C37H35N5O7P+. The third-order valence-electron chi connectivity index (χ3n) is 9.05. The Morgan fingerprint density at radius 2 is 1.70 bits per heavy atom. The second kappa shape index (κ2) is 14.1. The number of nitrogens with one attached hydrogen (secondary N) is 1. The number of hydrogen-bond acceptors (Lipinski definition) is 7. The number of furan rings is 1. The Labute approximate surface area is 289 Å². The van der Waals surface area contributed by atoms with E-state index in [-0.39, 0.29) is 56.7 Å². The number of amides is 4. The van der Waals surface area contributed by atoms with Gasteiger partial charge in [0, 0.05) is 47.0 Å². The topological polar surface area (TPSA) is 136 Å². The largest absolute Gasteiger partial charge is 0.747 e. The van der Waals surface area contributed by atoms with E-state index in [1.165, 1.54) is 22.0 Å². The van der Waals surface area contributed by atoms with Gasteiger partial charge in [-0.3, -0.25) is 9.59 Å². The summed E-state index contributed by atoms with van der Waals surface area (Å²) in [4.78, 5) is 54.9. The van der Waals surface area contributed by atoms with Gasteiger partial charge in [0.2, 0.25) is 11.8 Å². The van der Waals surface area contributed by atoms with Crippen LogP contribution in [0.5, 0.6) is 5.75 Å². The highest BCUT2D eigenvalue weighted by Gasteiger charge is 2.51. The van der Waals surface area contributed by atoms with Gasteiger partial charge in [-0.2, -0.15) is 0 Å². The normalized spacial score (nSPS) is 18.3. The third-order valence-corrected chi connectivity index (χ3v) is 9.41. The monoisotopic (exact) mass is 692 g/mol. The molecule has 3 heterocycles. The number of rotatable bonds is 10. The molecule has 5 aromatic rings. The highest BCUT2D eigenvalue weighted by molar-refractivity contribution is 7.32. The minimum absolute atomic E-state index is 0.0560. The molecule has 1 aromatic heterocycles. The Balaban J connectivity index is 1.25. The molecule has 0 radical (unpaired) electrons. The van der Waals surface area contributed by atoms with Crippen molar-refractivity contribution >= 4 is 48.0 Å². The van der Waals surface area contributed by atoms with Gasteiger partial charge in [-0.15, -0.1) is 11.5 Å². The van der Waals surface area contributed by atoms with Crippen molar-refractivity contribution in [3.8, 4) is 5.75 Å². The lowest BCUT2D eigenvalue weighted by atomic mass is 9.98. The number of nitrogens with zero attached hydrogens (tertiary/aromatic N) is 4. The molecule has 254 valence electrons. The van der Waals surface area contributed by atoms with Crippen LogP contribution in [0, 0.1) is 0 Å². The summed E-state index contributed by atoms with van der Waals surface area (Å²) in [6, 6.07) is 28.2. The van der Waals surface area contributed by atoms with Crippen LogP contribution in [0.1, 0.15) is 16.7 Å². The summed E-state index contributed by atoms with van der Waals surface area (Å²) < 4.78 is 22.4. The van der Waals surface area contributed by atoms with E-state index in [4.69, 9.17) is 13.8 Å². The van der Waals surface area contributed by atoms with Gasteiger partial charge in [-0.1, -0.05) is 84.9 Å². The zero-order chi connectivity index (χ0) is 34.8. The number of carbonyl (C=O) groups is 3. The number of piperazine rings is 1. The Kier molecular flexibility index (Phi) is 9.31. The highest BCUT2D eigenvalue weighted by atomic mass is 31.1. The van der Waals surface area contributed by atoms with E-state index in [1.807, 2.05) is 72.8 Å². The van der Waals surface area contributed by atoms with Crippen LogP contribution >= 0.6 is 8.25 Å². The SMILES string of the molecule is C=CCN1CC(=O)N2[C@@H](Cc3ccc(O[P+](=O)O)cc3)C(=O)N(Cc3cccc4c3oc3ccccc34)C[C@@H]2N1C(=O)NCc1ccccc1. The number of hydrazine groups is 1. The van der Waals surface area contributed by atoms with E-state index >= 15 is 0 Å². The van der Waals surface area contributed by atoms with Gasteiger partial charge in [0.15, 0.2) is 5.75 Å². The zero-order valence-electron chi connectivity index (χ0n) is 27.1. The Bertz CT molecular complexity index is 2090. The molecule has 4 amide bonds. The van der Waals surface area contributed by atoms with Gasteiger partial charge in [0.1, 0.15) is 23.4 Å². The summed E-state index contributed by atoms with van der Waals surface area (Å²) in [5, 5.41) is 8.09. The van der Waals surface area contributed by atoms with E-state index in [2.05, 4.69) is 11.9 Å². The number of urea groups is 1. The molecule has 1 unspecified atom stereocenters. The summed E-state index contributed by atoms with van der Waals surface area (Å²) in [5.74, 6) is -0.372. The lowest BCUT2D eigenvalue weighted by molar-refractivity contribution is -0.189. The van der Waals surface area contributed by atoms with Crippen molar-refractivity contribution in [1.29, 1.82) is 0 Å². The minimum atomic E-state index is -2.84. The maximum atomic E-state index is 14.5. The van der Waals surface area contributed by atoms with Crippen LogP contribution < -0.4 is 9.84 Å². The summed E-state index contributed by atoms with van der Waals surface area (Å²) in [6.07, 6.45) is 0.944. The van der Waals surface area contributed by atoms with E-state index in [0.29, 0.717) is 11.1 Å². The van der Waals surface area contributed by atoms with E-state index in [1.54, 1.807) is 28.1 Å². The summed E-state index contributed by atoms with van der Waals surface area (Å²) in [7, 11) is -2.84. The fourth-order valence-electron chi connectivity index (χ4n) is 6.83. The molecule has 2 N–H and O–H groups in total. The molecule has 0 saturated carbocycles. The average molecular weight is 693 g/mol. The summed E-state index contributed by atoms with van der Waals surface area (Å²) in [5.41, 5.74) is 3.82. The second-order valence-corrected chi connectivity index (χ2v) is 12.9. The molecule has 3 atom stereocenters. The number of benzene rings is 4. The van der Waals surface area contributed by atoms with Crippen LogP contribution in [0.3, 0.4) is 0 Å². The van der Waals surface area contributed by atoms with E-state index < -0.39 is 26.5 Å². The minimum Gasteiger partial charge on any atom is -0.456 e. The molecule has 2 aliphatic rings. The number of para-hydroxylation sites is 2. The molecule has 2 fully saturated rings. The first-order valence-electron chi connectivity index (χ1n) is 16.2. The van der Waals surface area contributed by atoms with Gasteiger partial charge >= 0.3 is 14.3 Å². The van der Waals surface area contributed by atoms with E-state index in [0.717, 1.165) is 27.5 Å². The highest BCUT2D eigenvalue weighted by Crippen LogP contribution is 2.34. The Hall–Kier alpha value is -5.55. The van der Waals surface area contributed by atoms with Gasteiger partial charge < -0.3 is 19.5 Å². The number of fused-ring (bicyclic) bond motifs is 4. The molecule has 2 aliphatic heterocycles. The van der Waals surface area contributed by atoms with Crippen LogP contribution in [0.4, 0.5) is 4.79 Å². The number of carbonyl (C=O) groups excluding carboxylic acids is 3. The molecule has 13 heteroatoms. The molecule has 4 aromatic carbocycles. The third kappa shape index (κ3) is 6.56. The van der Waals surface area contributed by atoms with Crippen LogP contribution in [-0.2, 0) is 33.7 Å². The van der Waals surface area contributed by atoms with Crippen molar-refractivity contribution in [2.75, 3.05) is 19.6 Å². The van der Waals surface area contributed by atoms with Crippen molar-refractivity contribution in [2.24, 2.45) is 0 Å². The molecule has 0 bridgehead atoms. The fourth-order valence-corrected chi connectivity index (χ4v) is 7.14. The quantitative estimate of drug-likeness (QED) is 0.148. The fraction of sp³-hybridized carbons (Fsp3) is 0.216. The van der Waals surface area contributed by atoms with Crippen LogP contribution in [0.15, 0.2) is 114 Å². The molecule has 50 heavy (non-hydrogen) atoms. The molecule has 2 saturated heterocycles.